The van der Waals surface area contributed by atoms with Crippen molar-refractivity contribution in [1.29, 1.82) is 0 Å². The Morgan fingerprint density at radius 3 is 1.23 bits per heavy atom. The molecule has 126 valence electrons. The van der Waals surface area contributed by atoms with Gasteiger partial charge in [0.1, 0.15) is 0 Å². The summed E-state index contributed by atoms with van der Waals surface area (Å²) in [7, 11) is 0. The summed E-state index contributed by atoms with van der Waals surface area (Å²) in [4.78, 5) is 41.9. The molecule has 0 bridgehead atoms. The van der Waals surface area contributed by atoms with Gasteiger partial charge in [-0.3, -0.25) is 9.59 Å². The van der Waals surface area contributed by atoms with E-state index in [1.165, 1.54) is 0 Å². The maximum absolute atomic E-state index is 12.5. The van der Waals surface area contributed by atoms with Gasteiger partial charge in [0.05, 0.1) is 12.8 Å². The molecule has 22 heavy (non-hydrogen) atoms. The van der Waals surface area contributed by atoms with Crippen LogP contribution in [0.3, 0.4) is 0 Å². The Morgan fingerprint density at radius 1 is 0.727 bits per heavy atom. The minimum Gasteiger partial charge on any atom is -0.477 e. The van der Waals surface area contributed by atoms with Gasteiger partial charge in [0.25, 0.3) is 0 Å². The number of carbonyl (C=O) groups excluding carboxylic acids is 2. The molecule has 0 aliphatic heterocycles. The van der Waals surface area contributed by atoms with E-state index in [1.807, 2.05) is 0 Å². The quantitative estimate of drug-likeness (QED) is 0.455. The van der Waals surface area contributed by atoms with E-state index in [0.29, 0.717) is 0 Å². The molecular formula is C10H10F4O8. The number of carboxylic acids is 2. The summed E-state index contributed by atoms with van der Waals surface area (Å²) < 4.78 is 57.9. The summed E-state index contributed by atoms with van der Waals surface area (Å²) in [5.74, 6) is -16.4. The van der Waals surface area contributed by atoms with Crippen molar-refractivity contribution in [3.8, 4) is 0 Å². The molecule has 0 aliphatic rings. The molecule has 12 heteroatoms. The van der Waals surface area contributed by atoms with Gasteiger partial charge < -0.3 is 19.7 Å². The van der Waals surface area contributed by atoms with E-state index in [2.05, 4.69) is 9.47 Å². The Hall–Kier alpha value is -2.40. The smallest absolute Gasteiger partial charge is 0.378 e. The summed E-state index contributed by atoms with van der Waals surface area (Å²) in [6, 6.07) is 0. The Kier molecular flexibility index (Phi) is 6.74. The third-order valence-corrected chi connectivity index (χ3v) is 1.99. The average Bonchev–Trinajstić information content (AvgIpc) is 2.40. The minimum atomic E-state index is -4.31. The van der Waals surface area contributed by atoms with Crippen molar-refractivity contribution in [3.05, 3.63) is 0 Å². The first-order valence-corrected chi connectivity index (χ1v) is 5.42. The molecule has 0 spiro atoms. The molecule has 0 unspecified atom stereocenters. The van der Waals surface area contributed by atoms with Gasteiger partial charge in [0.15, 0.2) is 13.2 Å². The van der Waals surface area contributed by atoms with Crippen molar-refractivity contribution in [2.75, 3.05) is 13.2 Å². The zero-order valence-corrected chi connectivity index (χ0v) is 10.7. The lowest BCUT2D eigenvalue weighted by atomic mass is 10.3. The number of carbonyl (C=O) groups is 4. The van der Waals surface area contributed by atoms with E-state index < -0.39 is 61.8 Å². The van der Waals surface area contributed by atoms with Crippen molar-refractivity contribution in [2.45, 2.75) is 24.7 Å². The standard InChI is InChI=1S/C10H10F4O8/c11-9(12,7(17)18)3-21-5(15)1-2-6(16)22-4-10(13,14)8(19)20/h1-4H2,(H,17,18)(H,19,20). The molecule has 0 aromatic heterocycles. The number of rotatable bonds is 9. The lowest BCUT2D eigenvalue weighted by molar-refractivity contribution is -0.180. The second-order valence-electron chi connectivity index (χ2n) is 3.84. The molecule has 0 atom stereocenters. The Balaban J connectivity index is 4.09. The molecule has 0 radical (unpaired) electrons. The largest absolute Gasteiger partial charge is 0.477 e. The highest BCUT2D eigenvalue weighted by Crippen LogP contribution is 2.15. The van der Waals surface area contributed by atoms with E-state index in [4.69, 9.17) is 10.2 Å². The second kappa shape index (κ2) is 7.56. The molecule has 8 nitrogen and oxygen atoms in total. The van der Waals surface area contributed by atoms with Gasteiger partial charge in [-0.15, -0.1) is 0 Å². The first kappa shape index (κ1) is 19.6. The summed E-state index contributed by atoms with van der Waals surface area (Å²) in [5.41, 5.74) is 0. The van der Waals surface area contributed by atoms with Gasteiger partial charge in [0, 0.05) is 0 Å². The van der Waals surface area contributed by atoms with Gasteiger partial charge in [-0.05, 0) is 0 Å². The van der Waals surface area contributed by atoms with Crippen LogP contribution in [0.4, 0.5) is 17.6 Å². The Morgan fingerprint density at radius 2 is 1.00 bits per heavy atom. The summed E-state index contributed by atoms with van der Waals surface area (Å²) >= 11 is 0. The number of esters is 2. The number of hydrogen-bond acceptors (Lipinski definition) is 6. The summed E-state index contributed by atoms with van der Waals surface area (Å²) in [5, 5.41) is 16.1. The van der Waals surface area contributed by atoms with Crippen molar-refractivity contribution < 1.29 is 56.4 Å². The van der Waals surface area contributed by atoms with Crippen LogP contribution in [-0.2, 0) is 28.7 Å². The van der Waals surface area contributed by atoms with Gasteiger partial charge in [-0.25, -0.2) is 9.59 Å². The highest BCUT2D eigenvalue weighted by atomic mass is 19.3. The predicted molar refractivity (Wildman–Crippen MR) is 56.3 cm³/mol. The normalized spacial score (nSPS) is 11.6. The van der Waals surface area contributed by atoms with Crippen molar-refractivity contribution >= 4 is 23.9 Å². The number of alkyl halides is 4. The fraction of sp³-hybridized carbons (Fsp3) is 0.600. The van der Waals surface area contributed by atoms with Gasteiger partial charge in [0.2, 0.25) is 0 Å². The van der Waals surface area contributed by atoms with Crippen LogP contribution < -0.4 is 0 Å². The zero-order valence-electron chi connectivity index (χ0n) is 10.7. The summed E-state index contributed by atoms with van der Waals surface area (Å²) in [6.45, 7) is -3.51. The van der Waals surface area contributed by atoms with Crippen LogP contribution >= 0.6 is 0 Å². The maximum Gasteiger partial charge on any atom is 0.378 e. The van der Waals surface area contributed by atoms with Crippen LogP contribution in [0.25, 0.3) is 0 Å². The maximum atomic E-state index is 12.5. The molecule has 0 heterocycles. The zero-order chi connectivity index (χ0) is 17.6. The van der Waals surface area contributed by atoms with Gasteiger partial charge in [-0.1, -0.05) is 0 Å². The van der Waals surface area contributed by atoms with Crippen LogP contribution in [0.5, 0.6) is 0 Å². The van der Waals surface area contributed by atoms with Gasteiger partial charge >= 0.3 is 35.7 Å². The molecule has 0 fully saturated rings. The first-order chi connectivity index (χ1) is 9.88. The Labute approximate surface area is 119 Å². The molecule has 0 saturated heterocycles. The summed E-state index contributed by atoms with van der Waals surface area (Å²) in [6.07, 6.45) is -1.68. The monoisotopic (exact) mass is 334 g/mol. The minimum absolute atomic E-state index is 0.840. The van der Waals surface area contributed by atoms with E-state index in [1.54, 1.807) is 0 Å². The molecule has 2 N–H and O–H groups in total. The highest BCUT2D eigenvalue weighted by Gasteiger charge is 2.41. The number of ether oxygens (including phenoxy) is 2. The van der Waals surface area contributed by atoms with Crippen LogP contribution in [0.2, 0.25) is 0 Å². The highest BCUT2D eigenvalue weighted by molar-refractivity contribution is 5.79. The van der Waals surface area contributed by atoms with Crippen LogP contribution in [0, 0.1) is 0 Å². The van der Waals surface area contributed by atoms with Crippen LogP contribution in [-0.4, -0.2) is 59.1 Å². The molecular weight excluding hydrogens is 324 g/mol. The second-order valence-corrected chi connectivity index (χ2v) is 3.84. The average molecular weight is 334 g/mol. The lowest BCUT2D eigenvalue weighted by Crippen LogP contribution is -2.35. The molecule has 0 aromatic carbocycles. The third-order valence-electron chi connectivity index (χ3n) is 1.99. The van der Waals surface area contributed by atoms with E-state index in [-0.39, 0.29) is 0 Å². The first-order valence-electron chi connectivity index (χ1n) is 5.42. The van der Waals surface area contributed by atoms with Gasteiger partial charge in [-0.2, -0.15) is 17.6 Å². The number of hydrogen-bond donors (Lipinski definition) is 2. The topological polar surface area (TPSA) is 127 Å². The lowest BCUT2D eigenvalue weighted by Gasteiger charge is -2.12. The molecule has 0 aliphatic carbocycles. The Bertz CT molecular complexity index is 420. The number of halogens is 4. The predicted octanol–water partition coefficient (Wildman–Crippen LogP) is 0.293. The van der Waals surface area contributed by atoms with E-state index in [0.717, 1.165) is 0 Å². The van der Waals surface area contributed by atoms with E-state index in [9.17, 15) is 36.7 Å². The SMILES string of the molecule is O=C(CCC(=O)OCC(F)(F)C(=O)O)OCC(F)(F)C(=O)O. The van der Waals surface area contributed by atoms with Crippen molar-refractivity contribution in [1.82, 2.24) is 0 Å². The molecule has 0 saturated carbocycles. The molecule has 0 amide bonds. The fourth-order valence-electron chi connectivity index (χ4n) is 0.814. The van der Waals surface area contributed by atoms with Crippen LogP contribution in [0.1, 0.15) is 12.8 Å². The molecule has 0 aromatic rings. The fourth-order valence-corrected chi connectivity index (χ4v) is 0.814. The van der Waals surface area contributed by atoms with Crippen LogP contribution in [0.15, 0.2) is 0 Å². The van der Waals surface area contributed by atoms with Crippen molar-refractivity contribution in [3.63, 3.8) is 0 Å². The van der Waals surface area contributed by atoms with E-state index >= 15 is 0 Å². The molecule has 0 rings (SSSR count). The number of aliphatic carboxylic acids is 2. The van der Waals surface area contributed by atoms with Crippen molar-refractivity contribution in [2.24, 2.45) is 0 Å². The number of carboxylic acid groups (broad SMARTS) is 2. The third kappa shape index (κ3) is 6.85.